The van der Waals surface area contributed by atoms with E-state index in [0.717, 1.165) is 51.9 Å². The molecule has 1 rings (SSSR count). The topological polar surface area (TPSA) is 47.6 Å². The van der Waals surface area contributed by atoms with Gasteiger partial charge in [0.1, 0.15) is 5.54 Å². The van der Waals surface area contributed by atoms with Gasteiger partial charge in [0.15, 0.2) is 0 Å². The van der Waals surface area contributed by atoms with E-state index in [4.69, 9.17) is 9.47 Å². The predicted molar refractivity (Wildman–Crippen MR) is 85.3 cm³/mol. The largest absolute Gasteiger partial charge is 0.468 e. The number of likely N-dealkylation sites (N-methyl/N-ethyl adjacent to an activating group) is 1. The molecule has 0 amide bonds. The van der Waals surface area contributed by atoms with E-state index in [2.05, 4.69) is 26.1 Å². The summed E-state index contributed by atoms with van der Waals surface area (Å²) < 4.78 is 10.8. The lowest BCUT2D eigenvalue weighted by molar-refractivity contribution is -0.150. The number of nitrogens with one attached hydrogen (secondary N) is 1. The van der Waals surface area contributed by atoms with Gasteiger partial charge in [0.05, 0.1) is 7.11 Å². The number of hydrogen-bond donors (Lipinski definition) is 1. The first-order valence-corrected chi connectivity index (χ1v) is 8.27. The van der Waals surface area contributed by atoms with Gasteiger partial charge in [0.25, 0.3) is 0 Å². The van der Waals surface area contributed by atoms with Gasteiger partial charge < -0.3 is 14.8 Å². The van der Waals surface area contributed by atoms with E-state index in [-0.39, 0.29) is 5.97 Å². The summed E-state index contributed by atoms with van der Waals surface area (Å²) in [6.07, 6.45) is 5.01. The Labute approximate surface area is 130 Å². The van der Waals surface area contributed by atoms with Crippen LogP contribution in [-0.4, -0.2) is 38.4 Å². The molecule has 21 heavy (non-hydrogen) atoms. The highest BCUT2D eigenvalue weighted by molar-refractivity contribution is 5.81. The lowest BCUT2D eigenvalue weighted by atomic mass is 9.84. The van der Waals surface area contributed by atoms with E-state index in [1.807, 2.05) is 6.92 Å². The molecule has 4 heteroatoms. The average Bonchev–Trinajstić information content (AvgIpc) is 2.81. The van der Waals surface area contributed by atoms with E-state index in [0.29, 0.717) is 11.3 Å². The fourth-order valence-corrected chi connectivity index (χ4v) is 3.25. The second-order valence-corrected chi connectivity index (χ2v) is 7.29. The molecule has 1 aliphatic carbocycles. The molecule has 1 fully saturated rings. The zero-order valence-corrected chi connectivity index (χ0v) is 14.5. The highest BCUT2D eigenvalue weighted by Gasteiger charge is 2.48. The van der Waals surface area contributed by atoms with Gasteiger partial charge in [-0.3, -0.25) is 4.79 Å². The summed E-state index contributed by atoms with van der Waals surface area (Å²) >= 11 is 0. The van der Waals surface area contributed by atoms with Gasteiger partial charge in [-0.1, -0.05) is 34.1 Å². The standard InChI is InChI=1S/C17H33NO3/c1-6-18-17(15(19)20-5)10-7-8-14(17)9-12-21-13-11-16(2,3)4/h14,18H,6-13H2,1-5H3. The van der Waals surface area contributed by atoms with Crippen molar-refractivity contribution in [2.24, 2.45) is 11.3 Å². The number of rotatable bonds is 8. The molecule has 0 aliphatic heterocycles. The SMILES string of the molecule is CCNC1(C(=O)OC)CCCC1CCOCCC(C)(C)C. The molecule has 4 nitrogen and oxygen atoms in total. The molecule has 2 atom stereocenters. The molecule has 0 aromatic carbocycles. The van der Waals surface area contributed by atoms with Crippen LogP contribution in [0.4, 0.5) is 0 Å². The van der Waals surface area contributed by atoms with Gasteiger partial charge in [0.2, 0.25) is 0 Å². The molecule has 124 valence electrons. The number of esters is 1. The third kappa shape index (κ3) is 5.26. The quantitative estimate of drug-likeness (QED) is 0.552. The first-order chi connectivity index (χ1) is 9.85. The predicted octanol–water partition coefficient (Wildman–Crippen LogP) is 3.15. The maximum atomic E-state index is 12.2. The summed E-state index contributed by atoms with van der Waals surface area (Å²) in [6, 6.07) is 0. The first-order valence-electron chi connectivity index (χ1n) is 8.27. The van der Waals surface area contributed by atoms with Crippen molar-refractivity contribution in [1.82, 2.24) is 5.32 Å². The Hall–Kier alpha value is -0.610. The number of methoxy groups -OCH3 is 1. The third-order valence-corrected chi connectivity index (χ3v) is 4.47. The molecule has 0 heterocycles. The van der Waals surface area contributed by atoms with Crippen LogP contribution >= 0.6 is 0 Å². The van der Waals surface area contributed by atoms with E-state index < -0.39 is 5.54 Å². The minimum absolute atomic E-state index is 0.110. The monoisotopic (exact) mass is 299 g/mol. The van der Waals surface area contributed by atoms with Crippen molar-refractivity contribution in [3.8, 4) is 0 Å². The number of ether oxygens (including phenoxy) is 2. The van der Waals surface area contributed by atoms with Crippen LogP contribution in [0.1, 0.15) is 59.8 Å². The molecular formula is C17H33NO3. The Morgan fingerprint density at radius 1 is 1.33 bits per heavy atom. The van der Waals surface area contributed by atoms with E-state index in [1.54, 1.807) is 0 Å². The van der Waals surface area contributed by atoms with Crippen molar-refractivity contribution in [2.75, 3.05) is 26.9 Å². The highest BCUT2D eigenvalue weighted by atomic mass is 16.5. The Morgan fingerprint density at radius 2 is 2.05 bits per heavy atom. The van der Waals surface area contributed by atoms with Gasteiger partial charge >= 0.3 is 5.97 Å². The lowest BCUT2D eigenvalue weighted by Gasteiger charge is -2.33. The molecule has 0 bridgehead atoms. The minimum Gasteiger partial charge on any atom is -0.468 e. The summed E-state index contributed by atoms with van der Waals surface area (Å²) in [7, 11) is 1.48. The molecule has 0 spiro atoms. The Kier molecular flexibility index (Phi) is 7.14. The molecule has 0 radical (unpaired) electrons. The van der Waals surface area contributed by atoms with Crippen LogP contribution in [0.3, 0.4) is 0 Å². The van der Waals surface area contributed by atoms with Crippen molar-refractivity contribution < 1.29 is 14.3 Å². The molecule has 1 aliphatic rings. The van der Waals surface area contributed by atoms with E-state index in [1.165, 1.54) is 7.11 Å². The van der Waals surface area contributed by atoms with E-state index in [9.17, 15) is 4.79 Å². The van der Waals surface area contributed by atoms with Crippen LogP contribution in [0.25, 0.3) is 0 Å². The Bertz CT molecular complexity index is 324. The van der Waals surface area contributed by atoms with Crippen LogP contribution in [0.15, 0.2) is 0 Å². The first kappa shape index (κ1) is 18.4. The molecule has 0 aromatic heterocycles. The third-order valence-electron chi connectivity index (χ3n) is 4.47. The highest BCUT2D eigenvalue weighted by Crippen LogP contribution is 2.39. The van der Waals surface area contributed by atoms with Crippen molar-refractivity contribution in [3.63, 3.8) is 0 Å². The molecule has 2 unspecified atom stereocenters. The zero-order valence-electron chi connectivity index (χ0n) is 14.5. The normalized spacial score (nSPS) is 26.0. The summed E-state index contributed by atoms with van der Waals surface area (Å²) in [4.78, 5) is 12.2. The second-order valence-electron chi connectivity index (χ2n) is 7.29. The van der Waals surface area contributed by atoms with Crippen LogP contribution in [0.5, 0.6) is 0 Å². The molecule has 1 N–H and O–H groups in total. The lowest BCUT2D eigenvalue weighted by Crippen LogP contribution is -2.55. The van der Waals surface area contributed by atoms with Crippen molar-refractivity contribution in [2.45, 2.75) is 65.3 Å². The van der Waals surface area contributed by atoms with Gasteiger partial charge in [-0.25, -0.2) is 0 Å². The smallest absolute Gasteiger partial charge is 0.326 e. The molecular weight excluding hydrogens is 266 g/mol. The molecule has 0 saturated heterocycles. The summed E-state index contributed by atoms with van der Waals surface area (Å²) in [5.41, 5.74) is -0.177. The van der Waals surface area contributed by atoms with Gasteiger partial charge in [-0.15, -0.1) is 0 Å². The van der Waals surface area contributed by atoms with Gasteiger partial charge in [-0.2, -0.15) is 0 Å². The maximum Gasteiger partial charge on any atom is 0.326 e. The van der Waals surface area contributed by atoms with E-state index >= 15 is 0 Å². The minimum atomic E-state index is -0.489. The van der Waals surface area contributed by atoms with Crippen LogP contribution in [-0.2, 0) is 14.3 Å². The fourth-order valence-electron chi connectivity index (χ4n) is 3.25. The average molecular weight is 299 g/mol. The Balaban J connectivity index is 2.46. The number of carbonyl (C=O) groups excluding carboxylic acids is 1. The van der Waals surface area contributed by atoms with Crippen LogP contribution in [0.2, 0.25) is 0 Å². The van der Waals surface area contributed by atoms with Crippen molar-refractivity contribution in [3.05, 3.63) is 0 Å². The van der Waals surface area contributed by atoms with Crippen LogP contribution in [0, 0.1) is 11.3 Å². The maximum absolute atomic E-state index is 12.2. The van der Waals surface area contributed by atoms with Gasteiger partial charge in [-0.05, 0) is 43.6 Å². The Morgan fingerprint density at radius 3 is 2.62 bits per heavy atom. The fraction of sp³-hybridized carbons (Fsp3) is 0.941. The van der Waals surface area contributed by atoms with Crippen molar-refractivity contribution >= 4 is 5.97 Å². The van der Waals surface area contributed by atoms with Crippen molar-refractivity contribution in [1.29, 1.82) is 0 Å². The molecule has 0 aromatic rings. The number of hydrogen-bond acceptors (Lipinski definition) is 4. The summed E-state index contributed by atoms with van der Waals surface area (Å²) in [5.74, 6) is 0.209. The number of carbonyl (C=O) groups is 1. The summed E-state index contributed by atoms with van der Waals surface area (Å²) in [5, 5.41) is 3.39. The van der Waals surface area contributed by atoms with Crippen LogP contribution < -0.4 is 5.32 Å². The zero-order chi connectivity index (χ0) is 15.9. The van der Waals surface area contributed by atoms with Gasteiger partial charge in [0, 0.05) is 13.2 Å². The summed E-state index contributed by atoms with van der Waals surface area (Å²) in [6.45, 7) is 11.0. The molecule has 1 saturated carbocycles. The second kappa shape index (κ2) is 8.14.